The van der Waals surface area contributed by atoms with Crippen LogP contribution >= 0.6 is 38.9 Å². The molecule has 1 atom stereocenters. The Labute approximate surface area is 212 Å². The number of ether oxygens (including phenoxy) is 1. The van der Waals surface area contributed by atoms with E-state index in [1.165, 1.54) is 16.2 Å². The second-order valence-electron chi connectivity index (χ2n) is 7.56. The van der Waals surface area contributed by atoms with Crippen LogP contribution in [0.1, 0.15) is 17.2 Å². The van der Waals surface area contributed by atoms with Crippen molar-refractivity contribution in [1.29, 1.82) is 0 Å². The van der Waals surface area contributed by atoms with Crippen molar-refractivity contribution >= 4 is 71.7 Å². The molecule has 0 saturated carbocycles. The summed E-state index contributed by atoms with van der Waals surface area (Å²) in [7, 11) is 1.58. The molecule has 1 aliphatic rings. The summed E-state index contributed by atoms with van der Waals surface area (Å²) in [5.74, 6) is -1.15. The van der Waals surface area contributed by atoms with Gasteiger partial charge in [0.15, 0.2) is 5.13 Å². The van der Waals surface area contributed by atoms with E-state index in [0.717, 1.165) is 9.17 Å². The number of nitrogens with zero attached hydrogens (tertiary/aromatic N) is 2. The van der Waals surface area contributed by atoms with Crippen LogP contribution in [0.25, 0.3) is 16.0 Å². The molecule has 3 aromatic carbocycles. The molecule has 0 aliphatic carbocycles. The number of halogens is 2. The number of carbonyl (C=O) groups is 2. The summed E-state index contributed by atoms with van der Waals surface area (Å²) in [4.78, 5) is 32.5. The predicted octanol–water partition coefficient (Wildman–Crippen LogP) is 6.35. The molecule has 1 aromatic heterocycles. The minimum atomic E-state index is -0.865. The van der Waals surface area contributed by atoms with Crippen molar-refractivity contribution in [2.45, 2.75) is 6.04 Å². The summed E-state index contributed by atoms with van der Waals surface area (Å²) in [6.45, 7) is 0. The third-order valence-corrected chi connectivity index (χ3v) is 7.28. The lowest BCUT2D eigenvalue weighted by atomic mass is 9.95. The van der Waals surface area contributed by atoms with Gasteiger partial charge in [-0.1, -0.05) is 51.0 Å². The molecule has 6 nitrogen and oxygen atoms in total. The van der Waals surface area contributed by atoms with E-state index in [1.807, 2.05) is 24.3 Å². The standard InChI is InChI=1S/C25H16BrClN2O4S/c1-33-17-9-10-18-19(12-17)34-25(28-18)29-21(14-3-2-4-15(26)11-14)20(23(31)24(29)32)22(30)13-5-7-16(27)8-6-13/h2-12,21,30H,1H3/t21-/m0/s1. The number of carbonyl (C=O) groups excluding carboxylic acids is 2. The zero-order valence-electron chi connectivity index (χ0n) is 17.7. The Kier molecular flexibility index (Phi) is 5.89. The molecule has 34 heavy (non-hydrogen) atoms. The zero-order valence-corrected chi connectivity index (χ0v) is 20.8. The van der Waals surface area contributed by atoms with E-state index >= 15 is 0 Å². The largest absolute Gasteiger partial charge is 0.507 e. The first-order valence-electron chi connectivity index (χ1n) is 10.1. The van der Waals surface area contributed by atoms with Crippen molar-refractivity contribution in [2.24, 2.45) is 0 Å². The Morgan fingerprint density at radius 1 is 1.12 bits per heavy atom. The van der Waals surface area contributed by atoms with Gasteiger partial charge in [0.05, 0.1) is 28.9 Å². The van der Waals surface area contributed by atoms with Crippen molar-refractivity contribution in [3.63, 3.8) is 0 Å². The zero-order chi connectivity index (χ0) is 24.0. The number of hydrogen-bond donors (Lipinski definition) is 1. The van der Waals surface area contributed by atoms with Crippen molar-refractivity contribution in [2.75, 3.05) is 12.0 Å². The summed E-state index contributed by atoms with van der Waals surface area (Å²) in [5.41, 5.74) is 1.70. The molecular weight excluding hydrogens is 540 g/mol. The van der Waals surface area contributed by atoms with Crippen molar-refractivity contribution in [3.05, 3.63) is 92.9 Å². The third-order valence-electron chi connectivity index (χ3n) is 5.52. The number of aliphatic hydroxyl groups is 1. The molecular formula is C25H16BrClN2O4S. The normalized spacial score (nSPS) is 17.5. The third kappa shape index (κ3) is 3.87. The highest BCUT2D eigenvalue weighted by atomic mass is 79.9. The summed E-state index contributed by atoms with van der Waals surface area (Å²) in [6, 6.07) is 18.3. The van der Waals surface area contributed by atoms with Crippen molar-refractivity contribution in [3.8, 4) is 5.75 Å². The fourth-order valence-corrected chi connectivity index (χ4v) is 5.47. The molecule has 0 unspecified atom stereocenters. The van der Waals surface area contributed by atoms with E-state index in [-0.39, 0.29) is 11.3 Å². The minimum Gasteiger partial charge on any atom is -0.507 e. The van der Waals surface area contributed by atoms with Crippen LogP contribution in [0.4, 0.5) is 5.13 Å². The van der Waals surface area contributed by atoms with E-state index in [0.29, 0.717) is 32.5 Å². The molecule has 9 heteroatoms. The number of fused-ring (bicyclic) bond motifs is 1. The van der Waals surface area contributed by atoms with Gasteiger partial charge in [-0.25, -0.2) is 4.98 Å². The van der Waals surface area contributed by atoms with Gasteiger partial charge in [0.2, 0.25) is 0 Å². The summed E-state index contributed by atoms with van der Waals surface area (Å²) in [5, 5.41) is 12.0. The van der Waals surface area contributed by atoms with E-state index in [1.54, 1.807) is 49.6 Å². The molecule has 4 aromatic rings. The average molecular weight is 556 g/mol. The molecule has 0 radical (unpaired) electrons. The maximum Gasteiger partial charge on any atom is 0.301 e. The van der Waals surface area contributed by atoms with Crippen LogP contribution in [0.5, 0.6) is 5.75 Å². The van der Waals surface area contributed by atoms with E-state index in [4.69, 9.17) is 16.3 Å². The van der Waals surface area contributed by atoms with Gasteiger partial charge in [0.25, 0.3) is 5.78 Å². The highest BCUT2D eigenvalue weighted by Gasteiger charge is 2.48. The van der Waals surface area contributed by atoms with Gasteiger partial charge in [-0.2, -0.15) is 0 Å². The lowest BCUT2D eigenvalue weighted by molar-refractivity contribution is -0.132. The molecule has 1 aliphatic heterocycles. The number of Topliss-reactive ketones (excluding diaryl/α,β-unsaturated/α-hetero) is 1. The number of anilines is 1. The van der Waals surface area contributed by atoms with Crippen LogP contribution in [0.15, 0.2) is 76.8 Å². The van der Waals surface area contributed by atoms with Gasteiger partial charge < -0.3 is 9.84 Å². The fraction of sp³-hybridized carbons (Fsp3) is 0.0800. The SMILES string of the molecule is COc1ccc2nc(N3C(=O)C(=O)C(=C(O)c4ccc(Cl)cc4)[C@@H]3c3cccc(Br)c3)sc2c1. The quantitative estimate of drug-likeness (QED) is 0.180. The summed E-state index contributed by atoms with van der Waals surface area (Å²) < 4.78 is 6.88. The average Bonchev–Trinajstić information content (AvgIpc) is 3.36. The number of ketones is 1. The van der Waals surface area contributed by atoms with Gasteiger partial charge in [-0.05, 0) is 60.2 Å². The number of thiazole rings is 1. The molecule has 1 saturated heterocycles. The van der Waals surface area contributed by atoms with Gasteiger partial charge in [0.1, 0.15) is 11.5 Å². The van der Waals surface area contributed by atoms with Crippen LogP contribution in [-0.4, -0.2) is 28.9 Å². The number of benzene rings is 3. The second-order valence-corrected chi connectivity index (χ2v) is 9.92. The molecule has 0 bridgehead atoms. The Hall–Kier alpha value is -3.20. The van der Waals surface area contributed by atoms with Crippen LogP contribution in [-0.2, 0) is 9.59 Å². The van der Waals surface area contributed by atoms with Crippen LogP contribution in [0.3, 0.4) is 0 Å². The number of amides is 1. The first kappa shape index (κ1) is 22.6. The van der Waals surface area contributed by atoms with Crippen molar-refractivity contribution < 1.29 is 19.4 Å². The molecule has 1 amide bonds. The molecule has 0 spiro atoms. The minimum absolute atomic E-state index is 0.0118. The van der Waals surface area contributed by atoms with Gasteiger partial charge >= 0.3 is 5.91 Å². The topological polar surface area (TPSA) is 79.7 Å². The molecule has 5 rings (SSSR count). The number of rotatable bonds is 4. The summed E-state index contributed by atoms with van der Waals surface area (Å²) in [6.07, 6.45) is 0. The Balaban J connectivity index is 1.72. The maximum atomic E-state index is 13.3. The molecule has 1 N–H and O–H groups in total. The first-order chi connectivity index (χ1) is 16.4. The highest BCUT2D eigenvalue weighted by Crippen LogP contribution is 2.45. The van der Waals surface area contributed by atoms with E-state index in [9.17, 15) is 14.7 Å². The van der Waals surface area contributed by atoms with Gasteiger partial charge in [0, 0.05) is 15.1 Å². The second kappa shape index (κ2) is 8.87. The van der Waals surface area contributed by atoms with Crippen LogP contribution in [0, 0.1) is 0 Å². The van der Waals surface area contributed by atoms with E-state index < -0.39 is 17.7 Å². The molecule has 2 heterocycles. The van der Waals surface area contributed by atoms with Crippen LogP contribution in [0.2, 0.25) is 5.02 Å². The molecule has 170 valence electrons. The Morgan fingerprint density at radius 2 is 1.88 bits per heavy atom. The van der Waals surface area contributed by atoms with Crippen LogP contribution < -0.4 is 9.64 Å². The summed E-state index contributed by atoms with van der Waals surface area (Å²) >= 11 is 10.7. The lowest BCUT2D eigenvalue weighted by Crippen LogP contribution is -2.29. The number of aliphatic hydroxyl groups excluding tert-OH is 1. The fourth-order valence-electron chi connectivity index (χ4n) is 3.91. The number of methoxy groups -OCH3 is 1. The number of hydrogen-bond acceptors (Lipinski definition) is 6. The Bertz CT molecular complexity index is 1480. The smallest absolute Gasteiger partial charge is 0.301 e. The predicted molar refractivity (Wildman–Crippen MR) is 137 cm³/mol. The van der Waals surface area contributed by atoms with Gasteiger partial charge in [-0.15, -0.1) is 0 Å². The maximum absolute atomic E-state index is 13.3. The lowest BCUT2D eigenvalue weighted by Gasteiger charge is -2.23. The van der Waals surface area contributed by atoms with Gasteiger partial charge in [-0.3, -0.25) is 14.5 Å². The van der Waals surface area contributed by atoms with E-state index in [2.05, 4.69) is 20.9 Å². The Morgan fingerprint density at radius 3 is 2.59 bits per heavy atom. The monoisotopic (exact) mass is 554 g/mol. The first-order valence-corrected chi connectivity index (χ1v) is 12.1. The number of aromatic nitrogens is 1. The van der Waals surface area contributed by atoms with Crippen molar-refractivity contribution in [1.82, 2.24) is 4.98 Å². The highest BCUT2D eigenvalue weighted by molar-refractivity contribution is 9.10. The molecule has 1 fully saturated rings.